The number of nitrogens with one attached hydrogen (secondary N) is 2. The molecule has 0 saturated carbocycles. The van der Waals surface area contributed by atoms with Crippen LogP contribution in [0.3, 0.4) is 0 Å². The van der Waals surface area contributed by atoms with Gasteiger partial charge in [0.25, 0.3) is 0 Å². The minimum absolute atomic E-state index is 0.171. The Morgan fingerprint density at radius 2 is 2.58 bits per heavy atom. The highest BCUT2D eigenvalue weighted by molar-refractivity contribution is 7.81. The van der Waals surface area contributed by atoms with Gasteiger partial charge < -0.3 is 5.32 Å². The third-order valence-corrected chi connectivity index (χ3v) is 2.09. The van der Waals surface area contributed by atoms with Gasteiger partial charge in [0.1, 0.15) is 0 Å². The molecule has 2 unspecified atom stereocenters. The molecule has 1 aliphatic heterocycles. The number of carbonyl (C=O) groups is 1. The predicted molar refractivity (Wildman–Crippen MR) is 49.0 cm³/mol. The molecule has 0 bridgehead atoms. The summed E-state index contributed by atoms with van der Waals surface area (Å²) in [5, 5.41) is 3.64. The molecule has 5 heteroatoms. The van der Waals surface area contributed by atoms with Gasteiger partial charge in [0.2, 0.25) is 5.91 Å². The number of rotatable bonds is 3. The summed E-state index contributed by atoms with van der Waals surface area (Å²) in [5.74, 6) is -0.171. The van der Waals surface area contributed by atoms with E-state index in [4.69, 9.17) is 4.84 Å². The molecular formula is C7H14N2O2S. The van der Waals surface area contributed by atoms with E-state index in [0.717, 1.165) is 13.0 Å². The van der Waals surface area contributed by atoms with Gasteiger partial charge in [0.05, 0.1) is 6.61 Å². The Hall–Kier alpha value is -0.260. The molecule has 1 aliphatic rings. The van der Waals surface area contributed by atoms with Crippen molar-refractivity contribution >= 4 is 18.5 Å². The molecule has 4 nitrogen and oxygen atoms in total. The average molecular weight is 190 g/mol. The summed E-state index contributed by atoms with van der Waals surface area (Å²) in [7, 11) is 0. The zero-order chi connectivity index (χ0) is 8.97. The Morgan fingerprint density at radius 1 is 1.83 bits per heavy atom. The number of hydrogen-bond donors (Lipinski definition) is 3. The van der Waals surface area contributed by atoms with Crippen LogP contribution in [0.5, 0.6) is 0 Å². The molecule has 1 rings (SSSR count). The van der Waals surface area contributed by atoms with E-state index in [0.29, 0.717) is 17.9 Å². The van der Waals surface area contributed by atoms with Crippen LogP contribution in [0.1, 0.15) is 13.3 Å². The highest BCUT2D eigenvalue weighted by Crippen LogP contribution is 2.11. The lowest BCUT2D eigenvalue weighted by molar-refractivity contribution is -0.131. The summed E-state index contributed by atoms with van der Waals surface area (Å²) in [6, 6.07) is 0.319. The normalized spacial score (nSPS) is 28.8. The predicted octanol–water partition coefficient (Wildman–Crippen LogP) is -0.286. The van der Waals surface area contributed by atoms with Crippen LogP contribution in [0.4, 0.5) is 0 Å². The first-order valence-corrected chi connectivity index (χ1v) is 4.50. The Labute approximate surface area is 77.4 Å². The van der Waals surface area contributed by atoms with Crippen LogP contribution in [0, 0.1) is 0 Å². The van der Waals surface area contributed by atoms with Crippen LogP contribution < -0.4 is 10.8 Å². The lowest BCUT2D eigenvalue weighted by atomic mass is 10.2. The van der Waals surface area contributed by atoms with Crippen LogP contribution >= 0.6 is 12.6 Å². The minimum atomic E-state index is -0.171. The summed E-state index contributed by atoms with van der Waals surface area (Å²) >= 11 is 4.31. The first kappa shape index (κ1) is 9.83. The van der Waals surface area contributed by atoms with Crippen molar-refractivity contribution in [3.63, 3.8) is 0 Å². The number of hydroxylamine groups is 1. The second kappa shape index (κ2) is 4.69. The maximum Gasteiger partial charge on any atom is 0.240 e. The van der Waals surface area contributed by atoms with Crippen molar-refractivity contribution in [2.24, 2.45) is 0 Å². The number of hydrogen-bond acceptors (Lipinski definition) is 4. The SMILES string of the molecule is CC(=O)NOCC1CC(S)CN1. The molecule has 1 heterocycles. The zero-order valence-electron chi connectivity index (χ0n) is 7.04. The monoisotopic (exact) mass is 190 g/mol. The van der Waals surface area contributed by atoms with Gasteiger partial charge in [-0.3, -0.25) is 9.63 Å². The minimum Gasteiger partial charge on any atom is -0.310 e. The number of amides is 1. The molecule has 0 aromatic carbocycles. The summed E-state index contributed by atoms with van der Waals surface area (Å²) in [4.78, 5) is 15.3. The Bertz CT molecular complexity index is 165. The van der Waals surface area contributed by atoms with E-state index in [1.54, 1.807) is 0 Å². The fourth-order valence-electron chi connectivity index (χ4n) is 1.17. The van der Waals surface area contributed by atoms with Crippen molar-refractivity contribution in [2.45, 2.75) is 24.6 Å². The third kappa shape index (κ3) is 3.42. The van der Waals surface area contributed by atoms with Gasteiger partial charge in [-0.05, 0) is 6.42 Å². The van der Waals surface area contributed by atoms with Gasteiger partial charge >= 0.3 is 0 Å². The summed E-state index contributed by atoms with van der Waals surface area (Å²) in [6.45, 7) is 2.84. The fourth-order valence-corrected chi connectivity index (χ4v) is 1.53. The molecular weight excluding hydrogens is 176 g/mol. The van der Waals surface area contributed by atoms with E-state index in [1.807, 2.05) is 0 Å². The number of thiol groups is 1. The maximum atomic E-state index is 10.4. The van der Waals surface area contributed by atoms with Crippen molar-refractivity contribution in [1.82, 2.24) is 10.8 Å². The standard InChI is InChI=1S/C7H14N2O2S/c1-5(10)9-11-4-6-2-7(12)3-8-6/h6-8,12H,2-4H2,1H3,(H,9,10). The van der Waals surface area contributed by atoms with E-state index in [2.05, 4.69) is 23.4 Å². The van der Waals surface area contributed by atoms with Gasteiger partial charge in [0, 0.05) is 24.8 Å². The lowest BCUT2D eigenvalue weighted by Gasteiger charge is -2.09. The second-order valence-electron chi connectivity index (χ2n) is 2.96. The molecule has 0 aromatic heterocycles. The van der Waals surface area contributed by atoms with Gasteiger partial charge in [-0.2, -0.15) is 12.6 Å². The molecule has 0 aromatic rings. The largest absolute Gasteiger partial charge is 0.310 e. The van der Waals surface area contributed by atoms with Crippen molar-refractivity contribution < 1.29 is 9.63 Å². The van der Waals surface area contributed by atoms with Crippen molar-refractivity contribution in [3.05, 3.63) is 0 Å². The average Bonchev–Trinajstić information content (AvgIpc) is 2.35. The Morgan fingerprint density at radius 3 is 3.08 bits per heavy atom. The van der Waals surface area contributed by atoms with E-state index < -0.39 is 0 Å². The zero-order valence-corrected chi connectivity index (χ0v) is 7.93. The van der Waals surface area contributed by atoms with Gasteiger partial charge in [-0.25, -0.2) is 5.48 Å². The Balaban J connectivity index is 2.04. The maximum absolute atomic E-state index is 10.4. The fraction of sp³-hybridized carbons (Fsp3) is 0.857. The molecule has 2 N–H and O–H groups in total. The summed E-state index contributed by atoms with van der Waals surface area (Å²) in [5.41, 5.74) is 2.28. The highest BCUT2D eigenvalue weighted by atomic mass is 32.1. The molecule has 1 fully saturated rings. The van der Waals surface area contributed by atoms with Crippen LogP contribution in [-0.2, 0) is 9.63 Å². The van der Waals surface area contributed by atoms with E-state index in [-0.39, 0.29) is 5.91 Å². The lowest BCUT2D eigenvalue weighted by Crippen LogP contribution is -2.31. The van der Waals surface area contributed by atoms with Crippen molar-refractivity contribution in [3.8, 4) is 0 Å². The van der Waals surface area contributed by atoms with Crippen LogP contribution in [0.15, 0.2) is 0 Å². The smallest absolute Gasteiger partial charge is 0.240 e. The topological polar surface area (TPSA) is 50.4 Å². The first-order valence-electron chi connectivity index (χ1n) is 3.98. The number of carbonyl (C=O) groups excluding carboxylic acids is 1. The van der Waals surface area contributed by atoms with Crippen LogP contribution in [0.2, 0.25) is 0 Å². The van der Waals surface area contributed by atoms with Gasteiger partial charge in [-0.1, -0.05) is 0 Å². The van der Waals surface area contributed by atoms with Gasteiger partial charge in [0.15, 0.2) is 0 Å². The highest BCUT2D eigenvalue weighted by Gasteiger charge is 2.21. The Kier molecular flexibility index (Phi) is 3.84. The molecule has 1 amide bonds. The van der Waals surface area contributed by atoms with E-state index in [9.17, 15) is 4.79 Å². The molecule has 0 radical (unpaired) electrons. The molecule has 2 atom stereocenters. The van der Waals surface area contributed by atoms with Gasteiger partial charge in [-0.15, -0.1) is 0 Å². The first-order chi connectivity index (χ1) is 5.68. The third-order valence-electron chi connectivity index (χ3n) is 1.70. The summed E-state index contributed by atoms with van der Waals surface area (Å²) < 4.78 is 0. The van der Waals surface area contributed by atoms with Crippen LogP contribution in [-0.4, -0.2) is 30.4 Å². The van der Waals surface area contributed by atoms with Crippen molar-refractivity contribution in [2.75, 3.05) is 13.2 Å². The van der Waals surface area contributed by atoms with Crippen molar-refractivity contribution in [1.29, 1.82) is 0 Å². The summed E-state index contributed by atoms with van der Waals surface area (Å²) in [6.07, 6.45) is 0.989. The van der Waals surface area contributed by atoms with Crippen LogP contribution in [0.25, 0.3) is 0 Å². The quantitative estimate of drug-likeness (QED) is 0.423. The van der Waals surface area contributed by atoms with E-state index in [1.165, 1.54) is 6.92 Å². The molecule has 12 heavy (non-hydrogen) atoms. The molecule has 0 spiro atoms. The second-order valence-corrected chi connectivity index (χ2v) is 3.69. The van der Waals surface area contributed by atoms with E-state index >= 15 is 0 Å². The molecule has 1 saturated heterocycles. The molecule has 70 valence electrons. The molecule has 0 aliphatic carbocycles.